The van der Waals surface area contributed by atoms with Gasteiger partial charge in [-0.25, -0.2) is 0 Å². The first kappa shape index (κ1) is 27.7. The van der Waals surface area contributed by atoms with Crippen molar-refractivity contribution in [3.63, 3.8) is 0 Å². The Hall–Kier alpha value is -3.48. The van der Waals surface area contributed by atoms with Crippen molar-refractivity contribution in [2.45, 2.75) is 48.5 Å². The lowest BCUT2D eigenvalue weighted by atomic mass is 9.54. The van der Waals surface area contributed by atoms with E-state index in [2.05, 4.69) is 0 Å². The van der Waals surface area contributed by atoms with E-state index in [4.69, 9.17) is 27.9 Å². The Balaban J connectivity index is 1.10. The summed E-state index contributed by atoms with van der Waals surface area (Å²) in [5.74, 6) is -2.94. The van der Waals surface area contributed by atoms with Crippen LogP contribution in [0.5, 0.6) is 0 Å². The molecule has 6 nitrogen and oxygen atoms in total. The number of alkyl halides is 2. The van der Waals surface area contributed by atoms with Gasteiger partial charge in [0, 0.05) is 18.5 Å². The third-order valence-corrected chi connectivity index (χ3v) is 9.96. The number of rotatable bonds is 9. The number of carbonyl (C=O) groups is 4. The molecule has 3 aromatic rings. The Bertz CT molecular complexity index is 1430. The standard InChI is InChI=1S/C33H29Cl2NO5/c1-20(29(38)21-12-4-2-5-13-21)41-26(37)18-6-3-11-19-36-30(39)27-28(31(36)40)33(35)23-15-8-7-14-22(23)32(27,34)24-16-9-10-17-25(24)33/h2,4-5,7-10,12-17,20,27-28H,3,6,11,18-19H2,1H3/t20-,27-,28+,32?,33?/m1/s1. The first-order valence-corrected chi connectivity index (χ1v) is 14.7. The summed E-state index contributed by atoms with van der Waals surface area (Å²) in [7, 11) is 0. The number of unbranched alkanes of at least 4 members (excludes halogenated alkanes) is 2. The van der Waals surface area contributed by atoms with Gasteiger partial charge in [0.05, 0.1) is 11.8 Å². The average Bonchev–Trinajstić information content (AvgIpc) is 3.25. The molecular weight excluding hydrogens is 561 g/mol. The molecule has 1 saturated heterocycles. The lowest BCUT2D eigenvalue weighted by molar-refractivity contribution is -0.146. The highest BCUT2D eigenvalue weighted by Gasteiger charge is 2.72. The number of imide groups is 1. The SMILES string of the molecule is C[C@@H](OC(=O)CCCCCN1C(=O)[C@@H]2[C@H](C1=O)C1(Cl)c3ccccc3C2(Cl)c2ccccc21)C(=O)c1ccccc1. The number of likely N-dealkylation sites (tertiary alicyclic amines) is 1. The van der Waals surface area contributed by atoms with Crippen LogP contribution in [0, 0.1) is 11.8 Å². The Kier molecular flexibility index (Phi) is 7.03. The van der Waals surface area contributed by atoms with Crippen LogP contribution >= 0.6 is 23.2 Å². The van der Waals surface area contributed by atoms with Crippen molar-refractivity contribution in [3.8, 4) is 0 Å². The van der Waals surface area contributed by atoms with E-state index in [-0.39, 0.29) is 30.6 Å². The summed E-state index contributed by atoms with van der Waals surface area (Å²) >= 11 is 14.9. The molecule has 1 aliphatic heterocycles. The number of hydrogen-bond acceptors (Lipinski definition) is 5. The largest absolute Gasteiger partial charge is 0.454 e. The molecule has 0 N–H and O–H groups in total. The van der Waals surface area contributed by atoms with Crippen LogP contribution < -0.4 is 0 Å². The number of carbonyl (C=O) groups excluding carboxylic acids is 4. The summed E-state index contributed by atoms with van der Waals surface area (Å²) in [6.07, 6.45) is 0.889. The second-order valence-electron chi connectivity index (χ2n) is 11.0. The van der Waals surface area contributed by atoms with E-state index < -0.39 is 33.7 Å². The number of hydrogen-bond donors (Lipinski definition) is 0. The molecule has 210 valence electrons. The normalized spacial score (nSPS) is 26.3. The minimum Gasteiger partial charge on any atom is -0.454 e. The lowest BCUT2D eigenvalue weighted by Gasteiger charge is -2.54. The van der Waals surface area contributed by atoms with Crippen molar-refractivity contribution in [1.29, 1.82) is 0 Å². The number of halogens is 2. The zero-order chi connectivity index (χ0) is 28.9. The Morgan fingerprint density at radius 3 is 1.71 bits per heavy atom. The number of Topliss-reactive ketones (excluding diaryl/α,β-unsaturated/α-hetero) is 1. The summed E-state index contributed by atoms with van der Waals surface area (Å²) in [5, 5.41) is 0. The molecule has 2 amide bonds. The molecule has 1 heterocycles. The van der Waals surface area contributed by atoms with E-state index >= 15 is 0 Å². The fourth-order valence-electron chi connectivity index (χ4n) is 6.81. The average molecular weight is 591 g/mol. The number of ether oxygens (including phenoxy) is 1. The summed E-state index contributed by atoms with van der Waals surface area (Å²) in [6.45, 7) is 1.78. The van der Waals surface area contributed by atoms with Crippen molar-refractivity contribution in [2.75, 3.05) is 6.54 Å². The second-order valence-corrected chi connectivity index (χ2v) is 12.2. The van der Waals surface area contributed by atoms with Gasteiger partial charge in [-0.2, -0.15) is 0 Å². The summed E-state index contributed by atoms with van der Waals surface area (Å²) in [4.78, 5) is 51.4. The minimum absolute atomic E-state index is 0.139. The van der Waals surface area contributed by atoms with Crippen LogP contribution in [0.4, 0.5) is 0 Å². The van der Waals surface area contributed by atoms with Gasteiger partial charge < -0.3 is 4.74 Å². The smallest absolute Gasteiger partial charge is 0.306 e. The van der Waals surface area contributed by atoms with E-state index in [0.717, 1.165) is 22.3 Å². The molecule has 8 heteroatoms. The van der Waals surface area contributed by atoms with E-state index in [1.165, 1.54) is 4.90 Å². The quantitative estimate of drug-likeness (QED) is 0.101. The molecule has 0 unspecified atom stereocenters. The van der Waals surface area contributed by atoms with Gasteiger partial charge in [0.1, 0.15) is 9.75 Å². The van der Waals surface area contributed by atoms with Crippen molar-refractivity contribution >= 4 is 46.8 Å². The van der Waals surface area contributed by atoms with Crippen molar-refractivity contribution in [2.24, 2.45) is 11.8 Å². The second kappa shape index (κ2) is 10.4. The van der Waals surface area contributed by atoms with Gasteiger partial charge in [-0.15, -0.1) is 23.2 Å². The Labute approximate surface area is 248 Å². The highest BCUT2D eigenvalue weighted by atomic mass is 35.5. The minimum atomic E-state index is -1.19. The third-order valence-electron chi connectivity index (χ3n) is 8.67. The van der Waals surface area contributed by atoms with E-state index in [0.29, 0.717) is 24.8 Å². The topological polar surface area (TPSA) is 80.8 Å². The van der Waals surface area contributed by atoms with Gasteiger partial charge in [-0.1, -0.05) is 85.3 Å². The molecule has 0 saturated carbocycles. The van der Waals surface area contributed by atoms with Crippen molar-refractivity contribution in [3.05, 3.63) is 107 Å². The summed E-state index contributed by atoms with van der Waals surface area (Å²) in [5.41, 5.74) is 3.60. The van der Waals surface area contributed by atoms with Gasteiger partial charge >= 0.3 is 5.97 Å². The molecule has 0 aromatic heterocycles. The number of ketones is 1. The molecule has 2 bridgehead atoms. The predicted octanol–water partition coefficient (Wildman–Crippen LogP) is 5.95. The summed E-state index contributed by atoms with van der Waals surface area (Å²) < 4.78 is 5.32. The maximum Gasteiger partial charge on any atom is 0.306 e. The highest BCUT2D eigenvalue weighted by molar-refractivity contribution is 6.36. The molecule has 0 spiro atoms. The zero-order valence-corrected chi connectivity index (χ0v) is 24.0. The van der Waals surface area contributed by atoms with Crippen LogP contribution in [0.3, 0.4) is 0 Å². The van der Waals surface area contributed by atoms with Crippen LogP contribution in [-0.4, -0.2) is 41.1 Å². The third kappa shape index (κ3) is 4.14. The number of benzene rings is 3. The number of amides is 2. The van der Waals surface area contributed by atoms with E-state index in [1.54, 1.807) is 31.2 Å². The Morgan fingerprint density at radius 2 is 1.22 bits per heavy atom. The predicted molar refractivity (Wildman–Crippen MR) is 155 cm³/mol. The molecule has 4 aliphatic rings. The Morgan fingerprint density at radius 1 is 0.756 bits per heavy atom. The molecule has 1 fully saturated rings. The van der Waals surface area contributed by atoms with Crippen LogP contribution in [0.15, 0.2) is 78.9 Å². The highest BCUT2D eigenvalue weighted by Crippen LogP contribution is 2.69. The maximum absolute atomic E-state index is 13.8. The van der Waals surface area contributed by atoms with Crippen molar-refractivity contribution < 1.29 is 23.9 Å². The zero-order valence-electron chi connectivity index (χ0n) is 22.5. The number of esters is 1. The first-order valence-electron chi connectivity index (χ1n) is 13.9. The first-order chi connectivity index (χ1) is 19.7. The molecule has 3 atom stereocenters. The lowest BCUT2D eigenvalue weighted by Crippen LogP contribution is -2.57. The van der Waals surface area contributed by atoms with Gasteiger partial charge in [-0.05, 0) is 42.0 Å². The van der Waals surface area contributed by atoms with Crippen LogP contribution in [0.25, 0.3) is 0 Å². The van der Waals surface area contributed by atoms with Gasteiger partial charge in [-0.3, -0.25) is 24.1 Å². The maximum atomic E-state index is 13.8. The molecular formula is C33H29Cl2NO5. The molecule has 41 heavy (non-hydrogen) atoms. The fourth-order valence-corrected chi connectivity index (χ4v) is 7.91. The van der Waals surface area contributed by atoms with E-state index in [1.807, 2.05) is 54.6 Å². The van der Waals surface area contributed by atoms with Gasteiger partial charge in [0.25, 0.3) is 0 Å². The molecule has 3 aromatic carbocycles. The molecule has 7 rings (SSSR count). The van der Waals surface area contributed by atoms with Crippen molar-refractivity contribution in [1.82, 2.24) is 4.90 Å². The van der Waals surface area contributed by atoms with Crippen LogP contribution in [0.1, 0.15) is 65.2 Å². The summed E-state index contributed by atoms with van der Waals surface area (Å²) in [6, 6.07) is 23.8. The van der Waals surface area contributed by atoms with Crippen LogP contribution in [0.2, 0.25) is 0 Å². The van der Waals surface area contributed by atoms with Crippen LogP contribution in [-0.2, 0) is 28.9 Å². The number of nitrogens with zero attached hydrogens (tertiary/aromatic N) is 1. The fraction of sp³-hybridized carbons (Fsp3) is 0.333. The molecule has 0 radical (unpaired) electrons. The van der Waals surface area contributed by atoms with Gasteiger partial charge in [0.15, 0.2) is 6.10 Å². The monoisotopic (exact) mass is 589 g/mol. The molecule has 3 aliphatic carbocycles. The van der Waals surface area contributed by atoms with Gasteiger partial charge in [0.2, 0.25) is 17.6 Å². The van der Waals surface area contributed by atoms with E-state index in [9.17, 15) is 19.2 Å².